The number of imide groups is 1. The third-order valence-corrected chi connectivity index (χ3v) is 5.30. The van der Waals surface area contributed by atoms with E-state index in [0.717, 1.165) is 26.9 Å². The lowest BCUT2D eigenvalue weighted by Crippen LogP contribution is -2.41. The molecule has 1 N–H and O–H groups in total. The summed E-state index contributed by atoms with van der Waals surface area (Å²) in [4.78, 5) is 26.5. The van der Waals surface area contributed by atoms with Gasteiger partial charge in [-0.2, -0.15) is 0 Å². The number of urea groups is 1. The predicted octanol–water partition coefficient (Wildman–Crippen LogP) is 4.30. The molecular formula is C21H23BrN2O3. The maximum Gasteiger partial charge on any atom is 0.325 e. The molecule has 2 aromatic rings. The molecule has 142 valence electrons. The first-order valence-corrected chi connectivity index (χ1v) is 9.71. The zero-order valence-corrected chi connectivity index (χ0v) is 17.3. The summed E-state index contributed by atoms with van der Waals surface area (Å²) in [7, 11) is 0. The van der Waals surface area contributed by atoms with Crippen molar-refractivity contribution in [1.82, 2.24) is 10.2 Å². The van der Waals surface area contributed by atoms with E-state index in [4.69, 9.17) is 4.74 Å². The number of nitrogens with zero attached hydrogens (tertiary/aromatic N) is 1. The molecule has 6 heteroatoms. The highest BCUT2D eigenvalue weighted by molar-refractivity contribution is 9.10. The van der Waals surface area contributed by atoms with Gasteiger partial charge in [-0.1, -0.05) is 40.2 Å². The Morgan fingerprint density at radius 2 is 1.93 bits per heavy atom. The van der Waals surface area contributed by atoms with Gasteiger partial charge in [0.15, 0.2) is 0 Å². The quantitative estimate of drug-likeness (QED) is 0.548. The highest BCUT2D eigenvalue weighted by atomic mass is 79.9. The molecule has 1 unspecified atom stereocenters. The molecule has 2 aromatic carbocycles. The minimum atomic E-state index is -1.05. The summed E-state index contributed by atoms with van der Waals surface area (Å²) in [6.07, 6.45) is 0.571. The van der Waals surface area contributed by atoms with Crippen molar-refractivity contribution in [2.75, 3.05) is 13.2 Å². The molecule has 1 aliphatic heterocycles. The molecule has 0 radical (unpaired) electrons. The second-order valence-electron chi connectivity index (χ2n) is 6.99. The molecule has 1 saturated heterocycles. The summed E-state index contributed by atoms with van der Waals surface area (Å²) in [6.45, 7) is 6.51. The van der Waals surface area contributed by atoms with E-state index < -0.39 is 5.54 Å². The lowest BCUT2D eigenvalue weighted by molar-refractivity contribution is -0.131. The van der Waals surface area contributed by atoms with Crippen LogP contribution < -0.4 is 10.1 Å². The van der Waals surface area contributed by atoms with Gasteiger partial charge in [-0.15, -0.1) is 0 Å². The Hall–Kier alpha value is -2.34. The average molecular weight is 431 g/mol. The Morgan fingerprint density at radius 1 is 1.15 bits per heavy atom. The van der Waals surface area contributed by atoms with E-state index in [0.29, 0.717) is 19.6 Å². The number of carbonyl (C=O) groups is 2. The lowest BCUT2D eigenvalue weighted by Gasteiger charge is -2.22. The molecule has 1 heterocycles. The van der Waals surface area contributed by atoms with Crippen LogP contribution in [-0.4, -0.2) is 30.0 Å². The number of hydrogen-bond acceptors (Lipinski definition) is 3. The summed E-state index contributed by atoms with van der Waals surface area (Å²) in [5.74, 6) is 0.600. The van der Waals surface area contributed by atoms with Gasteiger partial charge < -0.3 is 10.1 Å². The fraction of sp³-hybridized carbons (Fsp3) is 0.333. The third kappa shape index (κ3) is 4.00. The number of hydrogen-bond donors (Lipinski definition) is 1. The van der Waals surface area contributed by atoms with Crippen LogP contribution in [0.25, 0.3) is 0 Å². The minimum absolute atomic E-state index is 0.239. The topological polar surface area (TPSA) is 58.6 Å². The van der Waals surface area contributed by atoms with E-state index >= 15 is 0 Å². The number of rotatable bonds is 6. The van der Waals surface area contributed by atoms with Crippen LogP contribution in [0.3, 0.4) is 0 Å². The van der Waals surface area contributed by atoms with E-state index in [1.807, 2.05) is 56.3 Å². The monoisotopic (exact) mass is 430 g/mol. The van der Waals surface area contributed by atoms with Crippen LogP contribution in [0.4, 0.5) is 4.79 Å². The number of aryl methyl sites for hydroxylation is 2. The Bertz CT molecular complexity index is 883. The lowest BCUT2D eigenvalue weighted by atomic mass is 9.92. The SMILES string of the molecule is Cc1ccc(C)c(OCCCN2C(=O)NC(C)(c3cccc(Br)c3)C2=O)c1. The van der Waals surface area contributed by atoms with Crippen LogP contribution >= 0.6 is 15.9 Å². The molecule has 0 saturated carbocycles. The molecule has 0 bridgehead atoms. The molecule has 1 atom stereocenters. The second kappa shape index (κ2) is 7.72. The molecular weight excluding hydrogens is 408 g/mol. The smallest absolute Gasteiger partial charge is 0.325 e. The highest BCUT2D eigenvalue weighted by Crippen LogP contribution is 2.30. The summed E-state index contributed by atoms with van der Waals surface area (Å²) in [5.41, 5.74) is 1.91. The van der Waals surface area contributed by atoms with Crippen molar-refractivity contribution in [3.63, 3.8) is 0 Å². The largest absolute Gasteiger partial charge is 0.493 e. The van der Waals surface area contributed by atoms with Gasteiger partial charge in [0.2, 0.25) is 0 Å². The van der Waals surface area contributed by atoms with Crippen molar-refractivity contribution in [2.24, 2.45) is 0 Å². The van der Waals surface area contributed by atoms with Crippen molar-refractivity contribution in [3.05, 3.63) is 63.6 Å². The Labute approximate surface area is 167 Å². The van der Waals surface area contributed by atoms with Gasteiger partial charge in [-0.3, -0.25) is 9.69 Å². The molecule has 27 heavy (non-hydrogen) atoms. The van der Waals surface area contributed by atoms with Gasteiger partial charge in [0, 0.05) is 11.0 Å². The molecule has 3 amide bonds. The average Bonchev–Trinajstić information content (AvgIpc) is 2.85. The summed E-state index contributed by atoms with van der Waals surface area (Å²) < 4.78 is 6.69. The maximum absolute atomic E-state index is 12.9. The Morgan fingerprint density at radius 3 is 2.67 bits per heavy atom. The van der Waals surface area contributed by atoms with Crippen molar-refractivity contribution in [1.29, 1.82) is 0 Å². The molecule has 1 fully saturated rings. The van der Waals surface area contributed by atoms with Crippen molar-refractivity contribution in [2.45, 2.75) is 32.7 Å². The highest BCUT2D eigenvalue weighted by Gasteiger charge is 2.48. The van der Waals surface area contributed by atoms with Crippen LogP contribution in [0.5, 0.6) is 5.75 Å². The first-order valence-electron chi connectivity index (χ1n) is 8.91. The number of benzene rings is 2. The normalized spacial score (nSPS) is 19.3. The first-order chi connectivity index (χ1) is 12.8. The zero-order valence-electron chi connectivity index (χ0n) is 15.7. The fourth-order valence-corrected chi connectivity index (χ4v) is 3.56. The number of ether oxygens (including phenoxy) is 1. The van der Waals surface area contributed by atoms with E-state index in [1.54, 1.807) is 6.92 Å². The van der Waals surface area contributed by atoms with Crippen molar-refractivity contribution >= 4 is 27.9 Å². The Kier molecular flexibility index (Phi) is 5.56. The standard InChI is InChI=1S/C21H23BrN2O3/c1-14-8-9-15(2)18(12-14)27-11-5-10-24-19(25)21(3,23-20(24)26)16-6-4-7-17(22)13-16/h4,6-9,12-13H,5,10-11H2,1-3H3,(H,23,26). The molecule has 0 aromatic heterocycles. The molecule has 5 nitrogen and oxygen atoms in total. The number of halogens is 1. The van der Waals surface area contributed by atoms with E-state index in [2.05, 4.69) is 21.2 Å². The van der Waals surface area contributed by atoms with Crippen LogP contribution in [0.1, 0.15) is 30.0 Å². The van der Waals surface area contributed by atoms with Crippen molar-refractivity contribution in [3.8, 4) is 5.75 Å². The molecule has 0 aliphatic carbocycles. The molecule has 3 rings (SSSR count). The zero-order chi connectivity index (χ0) is 19.6. The van der Waals surface area contributed by atoms with Crippen LogP contribution in [0.15, 0.2) is 46.9 Å². The fourth-order valence-electron chi connectivity index (χ4n) is 3.16. The molecule has 1 aliphatic rings. The number of amides is 3. The summed E-state index contributed by atoms with van der Waals surface area (Å²) >= 11 is 3.41. The van der Waals surface area contributed by atoms with Gasteiger partial charge in [0.1, 0.15) is 11.3 Å². The number of carbonyl (C=O) groups excluding carboxylic acids is 2. The second-order valence-corrected chi connectivity index (χ2v) is 7.91. The van der Waals surface area contributed by atoms with Gasteiger partial charge in [0.25, 0.3) is 5.91 Å². The summed E-state index contributed by atoms with van der Waals surface area (Å²) in [5, 5.41) is 2.82. The third-order valence-electron chi connectivity index (χ3n) is 4.80. The van der Waals surface area contributed by atoms with Crippen molar-refractivity contribution < 1.29 is 14.3 Å². The number of nitrogens with one attached hydrogen (secondary N) is 1. The summed E-state index contributed by atoms with van der Waals surface area (Å²) in [6, 6.07) is 13.1. The maximum atomic E-state index is 12.9. The van der Waals surface area contributed by atoms with Crippen LogP contribution in [0.2, 0.25) is 0 Å². The molecule has 0 spiro atoms. The van der Waals surface area contributed by atoms with E-state index in [9.17, 15) is 9.59 Å². The van der Waals surface area contributed by atoms with E-state index in [1.165, 1.54) is 4.90 Å². The predicted molar refractivity (Wildman–Crippen MR) is 108 cm³/mol. The van der Waals surface area contributed by atoms with Gasteiger partial charge in [-0.05, 0) is 62.1 Å². The first kappa shape index (κ1) is 19.4. The van der Waals surface area contributed by atoms with E-state index in [-0.39, 0.29) is 11.9 Å². The van der Waals surface area contributed by atoms with Crippen LogP contribution in [0, 0.1) is 13.8 Å². The Balaban J connectivity index is 1.62. The van der Waals surface area contributed by atoms with Crippen LogP contribution in [-0.2, 0) is 10.3 Å². The van der Waals surface area contributed by atoms with Gasteiger partial charge in [0.05, 0.1) is 6.61 Å². The van der Waals surface area contributed by atoms with Gasteiger partial charge >= 0.3 is 6.03 Å². The van der Waals surface area contributed by atoms with Gasteiger partial charge in [-0.25, -0.2) is 4.79 Å². The minimum Gasteiger partial charge on any atom is -0.493 e.